The van der Waals surface area contributed by atoms with Crippen molar-refractivity contribution in [3.05, 3.63) is 62.3 Å². The fraction of sp³-hybridized carbons (Fsp3) is 0.533. The zero-order chi connectivity index (χ0) is 30.2. The lowest BCUT2D eigenvalue weighted by atomic mass is 9.96. The van der Waals surface area contributed by atoms with Crippen molar-refractivity contribution in [2.45, 2.75) is 78.1 Å². The molecule has 2 aliphatic rings. The molecule has 12 nitrogen and oxygen atoms in total. The van der Waals surface area contributed by atoms with Crippen LogP contribution in [0.2, 0.25) is 0 Å². The van der Waals surface area contributed by atoms with E-state index in [-0.39, 0.29) is 24.1 Å². The van der Waals surface area contributed by atoms with Crippen molar-refractivity contribution >= 4 is 28.9 Å². The molecule has 1 amide bonds. The number of amides is 1. The predicted octanol–water partition coefficient (Wildman–Crippen LogP) is 4.24. The molecule has 1 fully saturated rings. The Balaban J connectivity index is 1.54. The van der Waals surface area contributed by atoms with Gasteiger partial charge < -0.3 is 19.5 Å². The van der Waals surface area contributed by atoms with E-state index >= 15 is 0 Å². The first kappa shape index (κ1) is 29.3. The van der Waals surface area contributed by atoms with Gasteiger partial charge in [-0.25, -0.2) is 9.59 Å². The maximum Gasteiger partial charge on any atom is 0.407 e. The number of hydrogen-bond donors (Lipinski definition) is 1. The van der Waals surface area contributed by atoms with Crippen LogP contribution in [0, 0.1) is 0 Å². The third-order valence-electron chi connectivity index (χ3n) is 7.58. The summed E-state index contributed by atoms with van der Waals surface area (Å²) in [5.41, 5.74) is 2.14. The average Bonchev–Trinajstić information content (AvgIpc) is 3.32. The molecule has 4 heterocycles. The molecule has 2 atom stereocenters. The molecular formula is C30H40N8O4. The zero-order valence-corrected chi connectivity index (χ0v) is 25.3. The first-order valence-electron chi connectivity index (χ1n) is 14.5. The summed E-state index contributed by atoms with van der Waals surface area (Å²) in [5.74, 6) is 0.441. The summed E-state index contributed by atoms with van der Waals surface area (Å²) in [7, 11) is 1.65. The molecule has 1 aromatic carbocycles. The molecule has 0 aliphatic carbocycles. The lowest BCUT2D eigenvalue weighted by Crippen LogP contribution is -2.49. The number of piperidine rings is 1. The number of nitrogens with zero attached hydrogens (tertiary/aromatic N) is 7. The number of carbonyl (C=O) groups excluding carboxylic acids is 1. The van der Waals surface area contributed by atoms with Crippen molar-refractivity contribution in [1.82, 2.24) is 24.0 Å². The Morgan fingerprint density at radius 1 is 1.17 bits per heavy atom. The first-order valence-corrected chi connectivity index (χ1v) is 14.5. The van der Waals surface area contributed by atoms with E-state index in [9.17, 15) is 14.4 Å². The maximum atomic E-state index is 14.1. The number of aryl methyl sites for hydroxylation is 1. The zero-order valence-electron chi connectivity index (χ0n) is 25.3. The minimum atomic E-state index is -0.593. The fourth-order valence-electron chi connectivity index (χ4n) is 5.57. The lowest BCUT2D eigenvalue weighted by molar-refractivity contribution is 0.0499. The Kier molecular flexibility index (Phi) is 8.07. The second kappa shape index (κ2) is 11.6. The van der Waals surface area contributed by atoms with Crippen molar-refractivity contribution in [3.8, 4) is 0 Å². The Hall–Kier alpha value is -4.22. The summed E-state index contributed by atoms with van der Waals surface area (Å²) in [6.07, 6.45) is 3.21. The van der Waals surface area contributed by atoms with Crippen molar-refractivity contribution in [2.24, 2.45) is 17.3 Å². The maximum absolute atomic E-state index is 14.1. The number of rotatable bonds is 6. The normalized spacial score (nSPS) is 18.6. The summed E-state index contributed by atoms with van der Waals surface area (Å²) in [6.45, 7) is 11.7. The molecule has 0 bridgehead atoms. The van der Waals surface area contributed by atoms with Gasteiger partial charge in [0.15, 0.2) is 11.2 Å². The van der Waals surface area contributed by atoms with Crippen molar-refractivity contribution in [1.29, 1.82) is 0 Å². The number of fused-ring (bicyclic) bond motifs is 2. The first-order chi connectivity index (χ1) is 19.9. The van der Waals surface area contributed by atoms with Gasteiger partial charge in [0.1, 0.15) is 5.60 Å². The second-order valence-corrected chi connectivity index (χ2v) is 12.3. The molecule has 0 spiro atoms. The molecule has 3 aromatic rings. The average molecular weight is 577 g/mol. The summed E-state index contributed by atoms with van der Waals surface area (Å²) in [6, 6.07) is 7.54. The third-order valence-corrected chi connectivity index (χ3v) is 7.58. The molecule has 1 saturated heterocycles. The van der Waals surface area contributed by atoms with Crippen LogP contribution in [0.15, 0.2) is 55.7 Å². The summed E-state index contributed by atoms with van der Waals surface area (Å²) in [4.78, 5) is 47.1. The highest BCUT2D eigenvalue weighted by molar-refractivity contribution is 5.75. The van der Waals surface area contributed by atoms with Gasteiger partial charge in [-0.1, -0.05) is 29.8 Å². The number of anilines is 1. The van der Waals surface area contributed by atoms with Gasteiger partial charge in [-0.2, -0.15) is 15.2 Å². The number of azo groups is 1. The van der Waals surface area contributed by atoms with E-state index in [1.54, 1.807) is 7.05 Å². The molecule has 2 unspecified atom stereocenters. The quantitative estimate of drug-likeness (QED) is 0.437. The molecule has 0 saturated carbocycles. The van der Waals surface area contributed by atoms with Gasteiger partial charge in [-0.3, -0.25) is 13.9 Å². The van der Waals surface area contributed by atoms with E-state index in [4.69, 9.17) is 9.72 Å². The summed E-state index contributed by atoms with van der Waals surface area (Å²) >= 11 is 0. The van der Waals surface area contributed by atoms with E-state index in [1.165, 1.54) is 9.13 Å². The van der Waals surface area contributed by atoms with E-state index in [2.05, 4.69) is 20.4 Å². The van der Waals surface area contributed by atoms with Crippen LogP contribution >= 0.6 is 0 Å². The van der Waals surface area contributed by atoms with Crippen LogP contribution in [0.3, 0.4) is 0 Å². The fourth-order valence-corrected chi connectivity index (χ4v) is 5.57. The number of hydrogen-bond acceptors (Lipinski definition) is 8. The number of alkyl carbamates (subject to hydrolysis) is 1. The molecule has 2 aliphatic heterocycles. The largest absolute Gasteiger partial charge is 0.444 e. The monoisotopic (exact) mass is 576 g/mol. The lowest BCUT2D eigenvalue weighted by Gasteiger charge is -2.34. The highest BCUT2D eigenvalue weighted by Crippen LogP contribution is 2.32. The smallest absolute Gasteiger partial charge is 0.407 e. The van der Waals surface area contributed by atoms with Crippen LogP contribution in [0.25, 0.3) is 11.2 Å². The van der Waals surface area contributed by atoms with Crippen LogP contribution < -0.4 is 21.5 Å². The predicted molar refractivity (Wildman–Crippen MR) is 162 cm³/mol. The molecule has 12 heteroatoms. The Morgan fingerprint density at radius 3 is 2.67 bits per heavy atom. The van der Waals surface area contributed by atoms with Crippen LogP contribution in [0.1, 0.15) is 58.9 Å². The van der Waals surface area contributed by atoms with Gasteiger partial charge in [0.2, 0.25) is 5.95 Å². The number of allylic oxidation sites excluding steroid dienone is 2. The standard InChI is InChI=1S/C30H40N8O4/c1-19(2)13-15-37-24-25(33-27(37)36-14-9-10-21(18-36)32-28(40)42-30(3,4)5)35(6)29(41)38(26(24)39)17-20-16-31-34-23-12-8-7-11-22(20)23/h7-8,11-13,20-21H,9-10,14-18H2,1-6H3,(H,32,40). The van der Waals surface area contributed by atoms with E-state index in [0.29, 0.717) is 43.3 Å². The van der Waals surface area contributed by atoms with E-state index in [1.807, 2.05) is 69.5 Å². The third kappa shape index (κ3) is 6.02. The van der Waals surface area contributed by atoms with Crippen molar-refractivity contribution in [2.75, 3.05) is 24.5 Å². The van der Waals surface area contributed by atoms with Crippen molar-refractivity contribution in [3.63, 3.8) is 0 Å². The van der Waals surface area contributed by atoms with Crippen LogP contribution in [-0.4, -0.2) is 56.1 Å². The summed E-state index contributed by atoms with van der Waals surface area (Å²) < 4.78 is 10.1. The Labute approximate surface area is 244 Å². The number of nitrogens with one attached hydrogen (secondary N) is 1. The van der Waals surface area contributed by atoms with E-state index in [0.717, 1.165) is 29.7 Å². The highest BCUT2D eigenvalue weighted by atomic mass is 16.6. The van der Waals surface area contributed by atoms with Gasteiger partial charge in [-0.05, 0) is 59.1 Å². The van der Waals surface area contributed by atoms with Crippen LogP contribution in [0.4, 0.5) is 16.4 Å². The Morgan fingerprint density at radius 2 is 1.93 bits per heavy atom. The minimum Gasteiger partial charge on any atom is -0.444 e. The van der Waals surface area contributed by atoms with Gasteiger partial charge in [0.25, 0.3) is 5.56 Å². The Bertz CT molecular complexity index is 1670. The molecule has 0 radical (unpaired) electrons. The SMILES string of the molecule is CC(C)=CCn1c(N2CCCC(NC(=O)OC(C)(C)C)C2)nc2c1c(=O)n(CC1CN=Nc3ccccc31)c(=O)n2C. The molecule has 1 N–H and O–H groups in total. The number of benzene rings is 1. The topological polar surface area (TPSA) is 128 Å². The number of aromatic nitrogens is 4. The molecular weight excluding hydrogens is 536 g/mol. The van der Waals surface area contributed by atoms with Gasteiger partial charge in [0, 0.05) is 45.2 Å². The van der Waals surface area contributed by atoms with Crippen LogP contribution in [-0.2, 0) is 24.9 Å². The minimum absolute atomic E-state index is 0.147. The summed E-state index contributed by atoms with van der Waals surface area (Å²) in [5, 5.41) is 11.5. The van der Waals surface area contributed by atoms with Crippen LogP contribution in [0.5, 0.6) is 0 Å². The molecule has 224 valence electrons. The molecule has 42 heavy (non-hydrogen) atoms. The van der Waals surface area contributed by atoms with Gasteiger partial charge in [-0.15, -0.1) is 0 Å². The van der Waals surface area contributed by atoms with E-state index < -0.39 is 17.4 Å². The van der Waals surface area contributed by atoms with Gasteiger partial charge >= 0.3 is 11.8 Å². The number of imidazole rings is 1. The highest BCUT2D eigenvalue weighted by Gasteiger charge is 2.30. The second-order valence-electron chi connectivity index (χ2n) is 12.3. The molecule has 5 rings (SSSR count). The number of ether oxygens (including phenoxy) is 1. The van der Waals surface area contributed by atoms with Crippen molar-refractivity contribution < 1.29 is 9.53 Å². The number of carbonyl (C=O) groups is 1. The molecule has 2 aromatic heterocycles. The van der Waals surface area contributed by atoms with Gasteiger partial charge in [0.05, 0.1) is 12.2 Å².